The molecule has 1 saturated carbocycles. The van der Waals surface area contributed by atoms with Crippen molar-refractivity contribution in [1.82, 2.24) is 0 Å². The Kier molecular flexibility index (Phi) is 5.00. The highest BCUT2D eigenvalue weighted by molar-refractivity contribution is 6.27. The van der Waals surface area contributed by atoms with Gasteiger partial charge in [0, 0.05) is 5.41 Å². The van der Waals surface area contributed by atoms with E-state index in [0.717, 1.165) is 25.7 Å². The van der Waals surface area contributed by atoms with Crippen molar-refractivity contribution in [1.29, 1.82) is 0 Å². The molecule has 1 rings (SSSR count). The summed E-state index contributed by atoms with van der Waals surface area (Å²) >= 11 is 0. The Bertz CT molecular complexity index is 211. The molecule has 0 heterocycles. The minimum Gasteiger partial charge on any atom is -0.295 e. The van der Waals surface area contributed by atoms with Crippen molar-refractivity contribution < 1.29 is 9.59 Å². The largest absolute Gasteiger partial charge is 0.295 e. The van der Waals surface area contributed by atoms with Crippen molar-refractivity contribution in [3.05, 3.63) is 0 Å². The zero-order valence-corrected chi connectivity index (χ0v) is 9.76. The molecule has 2 heteroatoms. The van der Waals surface area contributed by atoms with Gasteiger partial charge in [0.25, 0.3) is 0 Å². The van der Waals surface area contributed by atoms with Gasteiger partial charge in [-0.15, -0.1) is 0 Å². The summed E-state index contributed by atoms with van der Waals surface area (Å²) in [6.45, 7) is 1.96. The van der Waals surface area contributed by atoms with E-state index in [2.05, 4.69) is 0 Å². The summed E-state index contributed by atoms with van der Waals surface area (Å²) in [5, 5.41) is 0. The van der Waals surface area contributed by atoms with Gasteiger partial charge in [0.2, 0.25) is 5.78 Å². The lowest BCUT2D eigenvalue weighted by Crippen LogP contribution is -2.29. The van der Waals surface area contributed by atoms with Gasteiger partial charge in [-0.05, 0) is 12.8 Å². The molecule has 15 heavy (non-hydrogen) atoms. The van der Waals surface area contributed by atoms with Crippen LogP contribution in [0, 0.1) is 5.41 Å². The van der Waals surface area contributed by atoms with E-state index in [4.69, 9.17) is 0 Å². The van der Waals surface area contributed by atoms with Crippen molar-refractivity contribution in [3.63, 3.8) is 0 Å². The standard InChI is InChI=1S/C13H22O2/c1-13(12(15)11-14)9-7-5-3-2-4-6-8-10-13/h11H,2-10H2,1H3. The summed E-state index contributed by atoms with van der Waals surface area (Å²) in [6.07, 6.45) is 10.8. The first kappa shape index (κ1) is 12.4. The highest BCUT2D eigenvalue weighted by Crippen LogP contribution is 2.33. The molecule has 1 aliphatic rings. The normalized spacial score (nSPS) is 23.0. The Morgan fingerprint density at radius 3 is 1.73 bits per heavy atom. The summed E-state index contributed by atoms with van der Waals surface area (Å²) in [6, 6.07) is 0. The van der Waals surface area contributed by atoms with Gasteiger partial charge in [0.15, 0.2) is 6.29 Å². The van der Waals surface area contributed by atoms with Crippen LogP contribution in [0.5, 0.6) is 0 Å². The molecule has 0 aromatic heterocycles. The maximum atomic E-state index is 11.6. The maximum absolute atomic E-state index is 11.6. The molecule has 0 amide bonds. The van der Waals surface area contributed by atoms with E-state index in [1.54, 1.807) is 0 Å². The van der Waals surface area contributed by atoms with Gasteiger partial charge >= 0.3 is 0 Å². The summed E-state index contributed by atoms with van der Waals surface area (Å²) in [5.41, 5.74) is -0.362. The number of hydrogen-bond acceptors (Lipinski definition) is 2. The number of Topliss-reactive ketones (excluding diaryl/α,β-unsaturated/α-hetero) is 1. The molecule has 2 nitrogen and oxygen atoms in total. The molecule has 0 radical (unpaired) electrons. The average Bonchev–Trinajstić information content (AvgIpc) is 2.26. The van der Waals surface area contributed by atoms with Gasteiger partial charge in [0.1, 0.15) is 0 Å². The molecule has 0 aromatic carbocycles. The van der Waals surface area contributed by atoms with Crippen LogP contribution in [-0.2, 0) is 9.59 Å². The predicted octanol–water partition coefficient (Wildman–Crippen LogP) is 3.29. The Balaban J connectivity index is 2.57. The lowest BCUT2D eigenvalue weighted by atomic mass is 9.76. The second kappa shape index (κ2) is 6.04. The first-order valence-electron chi connectivity index (χ1n) is 6.19. The smallest absolute Gasteiger partial charge is 0.201 e. The fourth-order valence-corrected chi connectivity index (χ4v) is 2.43. The van der Waals surface area contributed by atoms with Crippen LogP contribution < -0.4 is 0 Å². The van der Waals surface area contributed by atoms with E-state index in [9.17, 15) is 9.59 Å². The van der Waals surface area contributed by atoms with Crippen LogP contribution >= 0.6 is 0 Å². The van der Waals surface area contributed by atoms with Crippen LogP contribution in [0.25, 0.3) is 0 Å². The fraction of sp³-hybridized carbons (Fsp3) is 0.846. The molecule has 0 unspecified atom stereocenters. The Labute approximate surface area is 92.4 Å². The van der Waals surface area contributed by atoms with Crippen LogP contribution in [0.1, 0.15) is 64.7 Å². The third-order valence-corrected chi connectivity index (χ3v) is 3.66. The molecular formula is C13H22O2. The van der Waals surface area contributed by atoms with Gasteiger partial charge < -0.3 is 0 Å². The van der Waals surface area contributed by atoms with Crippen molar-refractivity contribution in [2.75, 3.05) is 0 Å². The van der Waals surface area contributed by atoms with E-state index in [1.807, 2.05) is 6.92 Å². The zero-order chi connectivity index (χ0) is 11.1. The Morgan fingerprint density at radius 1 is 0.933 bits per heavy atom. The SMILES string of the molecule is CC1(C(=O)C=O)CCCCCCCCC1. The van der Waals surface area contributed by atoms with Crippen LogP contribution in [0.15, 0.2) is 0 Å². The van der Waals surface area contributed by atoms with Crippen LogP contribution in [0.4, 0.5) is 0 Å². The number of hydrogen-bond donors (Lipinski definition) is 0. The molecule has 86 valence electrons. The highest BCUT2D eigenvalue weighted by atomic mass is 16.2. The molecule has 0 aliphatic heterocycles. The topological polar surface area (TPSA) is 34.1 Å². The molecule has 0 atom stereocenters. The van der Waals surface area contributed by atoms with Gasteiger partial charge in [-0.2, -0.15) is 0 Å². The average molecular weight is 210 g/mol. The predicted molar refractivity (Wildman–Crippen MR) is 60.7 cm³/mol. The van der Waals surface area contributed by atoms with Crippen molar-refractivity contribution >= 4 is 12.1 Å². The number of ketones is 1. The lowest BCUT2D eigenvalue weighted by Gasteiger charge is -2.26. The van der Waals surface area contributed by atoms with Crippen molar-refractivity contribution in [2.24, 2.45) is 5.41 Å². The molecule has 0 bridgehead atoms. The number of carbonyl (C=O) groups is 2. The number of rotatable bonds is 2. The fourth-order valence-electron chi connectivity index (χ4n) is 2.43. The Morgan fingerprint density at radius 2 is 1.33 bits per heavy atom. The zero-order valence-electron chi connectivity index (χ0n) is 9.76. The molecule has 0 aromatic rings. The van der Waals surface area contributed by atoms with Crippen LogP contribution in [0.3, 0.4) is 0 Å². The second-order valence-corrected chi connectivity index (χ2v) is 5.02. The van der Waals surface area contributed by atoms with Gasteiger partial charge in [0.05, 0.1) is 0 Å². The molecule has 1 aliphatic carbocycles. The Hall–Kier alpha value is -0.660. The minimum atomic E-state index is -0.362. The molecule has 0 saturated heterocycles. The van der Waals surface area contributed by atoms with E-state index < -0.39 is 0 Å². The van der Waals surface area contributed by atoms with Gasteiger partial charge in [-0.25, -0.2) is 0 Å². The monoisotopic (exact) mass is 210 g/mol. The summed E-state index contributed by atoms with van der Waals surface area (Å²) in [7, 11) is 0. The van der Waals surface area contributed by atoms with E-state index in [-0.39, 0.29) is 11.2 Å². The molecular weight excluding hydrogens is 188 g/mol. The number of carbonyl (C=O) groups excluding carboxylic acids is 2. The van der Waals surface area contributed by atoms with E-state index >= 15 is 0 Å². The van der Waals surface area contributed by atoms with Crippen molar-refractivity contribution in [2.45, 2.75) is 64.7 Å². The molecule has 1 fully saturated rings. The highest BCUT2D eigenvalue weighted by Gasteiger charge is 2.31. The molecule has 0 spiro atoms. The second-order valence-electron chi connectivity index (χ2n) is 5.02. The third-order valence-electron chi connectivity index (χ3n) is 3.66. The minimum absolute atomic E-state index is 0.192. The van der Waals surface area contributed by atoms with Crippen LogP contribution in [0.2, 0.25) is 0 Å². The van der Waals surface area contributed by atoms with Crippen molar-refractivity contribution in [3.8, 4) is 0 Å². The molecule has 0 N–H and O–H groups in total. The lowest BCUT2D eigenvalue weighted by molar-refractivity contribution is -0.137. The van der Waals surface area contributed by atoms with E-state index in [0.29, 0.717) is 6.29 Å². The quantitative estimate of drug-likeness (QED) is 0.517. The number of aldehydes is 1. The summed E-state index contributed by atoms with van der Waals surface area (Å²) in [4.78, 5) is 22.2. The summed E-state index contributed by atoms with van der Waals surface area (Å²) in [5.74, 6) is -0.192. The van der Waals surface area contributed by atoms with Gasteiger partial charge in [-0.1, -0.05) is 51.9 Å². The van der Waals surface area contributed by atoms with Crippen LogP contribution in [-0.4, -0.2) is 12.1 Å². The third kappa shape index (κ3) is 3.77. The maximum Gasteiger partial charge on any atom is 0.201 e. The first-order chi connectivity index (χ1) is 7.19. The first-order valence-corrected chi connectivity index (χ1v) is 6.19. The van der Waals surface area contributed by atoms with Gasteiger partial charge in [-0.3, -0.25) is 9.59 Å². The summed E-state index contributed by atoms with van der Waals surface area (Å²) < 4.78 is 0. The van der Waals surface area contributed by atoms with E-state index in [1.165, 1.54) is 32.1 Å².